The van der Waals surface area contributed by atoms with Crippen molar-refractivity contribution in [1.29, 1.82) is 0 Å². The SMILES string of the molecule is Cc1cc(OC(=O)c2cccc(N3C(=O)[C@@H]4[C@@H]5C=C[C@H]([C@H]6C[C@H]56)[C@@H]4C3=O)c2)cc(C)c1Cl. The van der Waals surface area contributed by atoms with E-state index in [1.807, 2.05) is 13.8 Å². The smallest absolute Gasteiger partial charge is 0.343 e. The van der Waals surface area contributed by atoms with E-state index in [0.29, 0.717) is 28.3 Å². The Balaban J connectivity index is 1.28. The summed E-state index contributed by atoms with van der Waals surface area (Å²) in [5.74, 6) is 0.480. The van der Waals surface area contributed by atoms with Gasteiger partial charge in [0, 0.05) is 5.02 Å². The van der Waals surface area contributed by atoms with Gasteiger partial charge in [-0.05, 0) is 85.4 Å². The second-order valence-electron chi connectivity index (χ2n) is 9.48. The van der Waals surface area contributed by atoms with Crippen molar-refractivity contribution in [2.45, 2.75) is 20.3 Å². The molecule has 1 saturated heterocycles. The number of allylic oxidation sites excluding steroid dienone is 2. The molecule has 7 rings (SSSR count). The van der Waals surface area contributed by atoms with E-state index < -0.39 is 5.97 Å². The van der Waals surface area contributed by atoms with Crippen LogP contribution < -0.4 is 9.64 Å². The number of aryl methyl sites for hydroxylation is 2. The lowest BCUT2D eigenvalue weighted by atomic mass is 9.63. The second-order valence-corrected chi connectivity index (χ2v) is 9.86. The maximum absolute atomic E-state index is 13.3. The third kappa shape index (κ3) is 2.73. The normalized spacial score (nSPS) is 31.5. The van der Waals surface area contributed by atoms with Gasteiger partial charge in [-0.1, -0.05) is 29.8 Å². The number of benzene rings is 2. The molecule has 32 heavy (non-hydrogen) atoms. The van der Waals surface area contributed by atoms with Crippen LogP contribution in [0.15, 0.2) is 48.6 Å². The second kappa shape index (κ2) is 6.79. The predicted molar refractivity (Wildman–Crippen MR) is 120 cm³/mol. The first-order valence-corrected chi connectivity index (χ1v) is 11.4. The highest BCUT2D eigenvalue weighted by atomic mass is 35.5. The van der Waals surface area contributed by atoms with Crippen LogP contribution in [-0.2, 0) is 9.59 Å². The minimum atomic E-state index is -0.549. The van der Waals surface area contributed by atoms with Crippen LogP contribution >= 0.6 is 11.6 Å². The van der Waals surface area contributed by atoms with Crippen molar-refractivity contribution in [3.8, 4) is 5.75 Å². The number of anilines is 1. The van der Waals surface area contributed by atoms with E-state index in [1.54, 1.807) is 36.4 Å². The summed E-state index contributed by atoms with van der Waals surface area (Å²) in [5, 5.41) is 0.639. The Bertz CT molecular complexity index is 1180. The van der Waals surface area contributed by atoms with Gasteiger partial charge in [-0.25, -0.2) is 9.69 Å². The molecule has 0 radical (unpaired) electrons. The molecule has 3 fully saturated rings. The van der Waals surface area contributed by atoms with Crippen molar-refractivity contribution in [2.75, 3.05) is 4.90 Å². The molecule has 6 atom stereocenters. The van der Waals surface area contributed by atoms with Gasteiger partial charge in [0.1, 0.15) is 5.75 Å². The average molecular weight is 448 g/mol. The van der Waals surface area contributed by atoms with Crippen molar-refractivity contribution in [3.63, 3.8) is 0 Å². The number of nitrogens with zero attached hydrogens (tertiary/aromatic N) is 1. The molecule has 2 aromatic rings. The van der Waals surface area contributed by atoms with E-state index in [-0.39, 0.29) is 41.0 Å². The summed E-state index contributed by atoms with van der Waals surface area (Å²) in [4.78, 5) is 40.8. The molecular formula is C26H22ClNO4. The highest BCUT2D eigenvalue weighted by Crippen LogP contribution is 2.65. The highest BCUT2D eigenvalue weighted by Gasteiger charge is 2.67. The van der Waals surface area contributed by atoms with Crippen LogP contribution in [0.3, 0.4) is 0 Å². The molecule has 0 aromatic heterocycles. The zero-order valence-corrected chi connectivity index (χ0v) is 18.5. The number of halogens is 1. The molecule has 5 aliphatic rings. The van der Waals surface area contributed by atoms with Crippen molar-refractivity contribution in [3.05, 3.63) is 70.3 Å². The molecule has 5 nitrogen and oxygen atoms in total. The number of amides is 2. The lowest BCUT2D eigenvalue weighted by molar-refractivity contribution is -0.124. The third-order valence-corrected chi connectivity index (χ3v) is 8.22. The first-order chi connectivity index (χ1) is 15.3. The zero-order valence-electron chi connectivity index (χ0n) is 17.7. The van der Waals surface area contributed by atoms with Crippen LogP contribution in [-0.4, -0.2) is 17.8 Å². The standard InChI is InChI=1S/C26H22ClNO4/c1-12-8-16(9-13(2)23(12)27)32-26(31)14-4-3-5-15(10-14)28-24(29)21-17-6-7-18(20-11-19(17)20)22(21)25(28)30/h3-10,17-22H,11H2,1-2H3/t17-,18-,19-,20-,21-,22+/m1/s1. The van der Waals surface area contributed by atoms with E-state index in [1.165, 1.54) is 4.90 Å². The Labute approximate surface area is 191 Å². The fourth-order valence-corrected chi connectivity index (χ4v) is 6.22. The average Bonchev–Trinajstić information content (AvgIpc) is 3.55. The number of ether oxygens (including phenoxy) is 1. The number of rotatable bonds is 3. The highest BCUT2D eigenvalue weighted by molar-refractivity contribution is 6.32. The molecule has 2 saturated carbocycles. The topological polar surface area (TPSA) is 63.7 Å². The molecular weight excluding hydrogens is 426 g/mol. The van der Waals surface area contributed by atoms with E-state index in [2.05, 4.69) is 12.2 Å². The first kappa shape index (κ1) is 19.7. The van der Waals surface area contributed by atoms with Gasteiger partial charge in [-0.2, -0.15) is 0 Å². The Morgan fingerprint density at radius 1 is 0.969 bits per heavy atom. The van der Waals surface area contributed by atoms with Gasteiger partial charge < -0.3 is 4.74 Å². The number of imide groups is 1. The molecule has 1 aliphatic heterocycles. The molecule has 0 N–H and O–H groups in total. The van der Waals surface area contributed by atoms with Crippen LogP contribution in [0.25, 0.3) is 0 Å². The molecule has 2 bridgehead atoms. The fraction of sp³-hybridized carbons (Fsp3) is 0.346. The van der Waals surface area contributed by atoms with Crippen molar-refractivity contribution in [1.82, 2.24) is 0 Å². The largest absolute Gasteiger partial charge is 0.423 e. The summed E-state index contributed by atoms with van der Waals surface area (Å²) in [6.45, 7) is 3.70. The number of hydrogen-bond donors (Lipinski definition) is 0. The molecule has 0 spiro atoms. The third-order valence-electron chi connectivity index (χ3n) is 7.62. The fourth-order valence-electron chi connectivity index (χ4n) is 6.11. The molecule has 0 unspecified atom stereocenters. The van der Waals surface area contributed by atoms with E-state index >= 15 is 0 Å². The predicted octanol–water partition coefficient (Wildman–Crippen LogP) is 4.73. The van der Waals surface area contributed by atoms with Crippen molar-refractivity contribution in [2.24, 2.45) is 35.5 Å². The monoisotopic (exact) mass is 447 g/mol. The molecule has 162 valence electrons. The van der Waals surface area contributed by atoms with E-state index in [9.17, 15) is 14.4 Å². The molecule has 1 heterocycles. The van der Waals surface area contributed by atoms with E-state index in [0.717, 1.165) is 17.5 Å². The summed E-state index contributed by atoms with van der Waals surface area (Å²) in [6, 6.07) is 10.0. The minimum absolute atomic E-state index is 0.140. The Morgan fingerprint density at radius 2 is 1.56 bits per heavy atom. The Hall–Kier alpha value is -2.92. The van der Waals surface area contributed by atoms with Crippen molar-refractivity contribution < 1.29 is 19.1 Å². The number of esters is 1. The summed E-state index contributed by atoms with van der Waals surface area (Å²) in [5.41, 5.74) is 2.35. The van der Waals surface area contributed by atoms with Gasteiger partial charge in [0.25, 0.3) is 0 Å². The van der Waals surface area contributed by atoms with Crippen LogP contribution in [0, 0.1) is 49.4 Å². The zero-order chi connectivity index (χ0) is 22.3. The molecule has 6 heteroatoms. The van der Waals surface area contributed by atoms with Crippen LogP contribution in [0.1, 0.15) is 27.9 Å². The van der Waals surface area contributed by atoms with Crippen molar-refractivity contribution >= 4 is 35.1 Å². The Kier molecular flexibility index (Phi) is 4.19. The van der Waals surface area contributed by atoms with Gasteiger partial charge >= 0.3 is 5.97 Å². The maximum atomic E-state index is 13.3. The molecule has 2 aromatic carbocycles. The number of carbonyl (C=O) groups is 3. The molecule has 4 aliphatic carbocycles. The summed E-state index contributed by atoms with van der Waals surface area (Å²) in [7, 11) is 0. The first-order valence-electron chi connectivity index (χ1n) is 11.0. The number of hydrogen-bond acceptors (Lipinski definition) is 4. The van der Waals surface area contributed by atoms with E-state index in [4.69, 9.17) is 16.3 Å². The van der Waals surface area contributed by atoms with Gasteiger partial charge in [0.05, 0.1) is 23.1 Å². The summed E-state index contributed by atoms with van der Waals surface area (Å²) < 4.78 is 5.55. The Morgan fingerprint density at radius 3 is 2.16 bits per heavy atom. The van der Waals surface area contributed by atoms with Gasteiger partial charge in [0.15, 0.2) is 0 Å². The van der Waals surface area contributed by atoms with Gasteiger partial charge in [0.2, 0.25) is 11.8 Å². The maximum Gasteiger partial charge on any atom is 0.343 e. The van der Waals surface area contributed by atoms with Crippen LogP contribution in [0.5, 0.6) is 5.75 Å². The van der Waals surface area contributed by atoms with Crippen LogP contribution in [0.2, 0.25) is 5.02 Å². The minimum Gasteiger partial charge on any atom is -0.423 e. The summed E-state index contributed by atoms with van der Waals surface area (Å²) in [6.07, 6.45) is 5.43. The lowest BCUT2D eigenvalue weighted by Gasteiger charge is -2.37. The lowest BCUT2D eigenvalue weighted by Crippen LogP contribution is -2.40. The number of carbonyl (C=O) groups excluding carboxylic acids is 3. The quantitative estimate of drug-likeness (QED) is 0.295. The summed E-state index contributed by atoms with van der Waals surface area (Å²) >= 11 is 6.20. The van der Waals surface area contributed by atoms with Crippen LogP contribution in [0.4, 0.5) is 5.69 Å². The van der Waals surface area contributed by atoms with Gasteiger partial charge in [-0.15, -0.1) is 0 Å². The van der Waals surface area contributed by atoms with Gasteiger partial charge in [-0.3, -0.25) is 9.59 Å². The molecule has 2 amide bonds.